The maximum Gasteiger partial charge on any atom is 0.272 e. The number of allylic oxidation sites excluding steroid dienone is 1. The third-order valence-corrected chi connectivity index (χ3v) is 2.52. The fraction of sp³-hybridized carbons (Fsp3) is 0.500. The summed E-state index contributed by atoms with van der Waals surface area (Å²) in [6.07, 6.45) is 4.23. The molecule has 0 unspecified atom stereocenters. The third-order valence-electron chi connectivity index (χ3n) is 2.52. The summed E-state index contributed by atoms with van der Waals surface area (Å²) in [5, 5.41) is 0. The Morgan fingerprint density at radius 2 is 2.20 bits per heavy atom. The summed E-state index contributed by atoms with van der Waals surface area (Å²) < 4.78 is 0. The van der Waals surface area contributed by atoms with Crippen LogP contribution in [0.4, 0.5) is 0 Å². The predicted molar refractivity (Wildman–Crippen MR) is 62.9 cm³/mol. The second-order valence-electron chi connectivity index (χ2n) is 3.81. The van der Waals surface area contributed by atoms with Crippen molar-refractivity contribution in [3.63, 3.8) is 0 Å². The smallest absolute Gasteiger partial charge is 0.272 e. The number of hydrogen-bond donors (Lipinski definition) is 0. The van der Waals surface area contributed by atoms with Gasteiger partial charge in [-0.15, -0.1) is 0 Å². The zero-order valence-corrected chi connectivity index (χ0v) is 9.66. The molecule has 0 fully saturated rings. The molecule has 0 saturated heterocycles. The van der Waals surface area contributed by atoms with Crippen molar-refractivity contribution in [1.82, 2.24) is 4.90 Å². The van der Waals surface area contributed by atoms with Crippen LogP contribution in [0.5, 0.6) is 0 Å². The van der Waals surface area contributed by atoms with Crippen LogP contribution < -0.4 is 0 Å². The summed E-state index contributed by atoms with van der Waals surface area (Å²) in [6.45, 7) is 10.3. The van der Waals surface area contributed by atoms with Gasteiger partial charge in [-0.05, 0) is 32.8 Å². The Morgan fingerprint density at radius 3 is 2.67 bits per heavy atom. The number of rotatable bonds is 3. The van der Waals surface area contributed by atoms with Gasteiger partial charge < -0.3 is 4.90 Å². The van der Waals surface area contributed by atoms with Crippen LogP contribution in [0.25, 0.3) is 0 Å². The van der Waals surface area contributed by atoms with Crippen LogP contribution in [0.3, 0.4) is 0 Å². The van der Waals surface area contributed by atoms with E-state index >= 15 is 0 Å². The topological polar surface area (TPSA) is 32.7 Å². The highest BCUT2D eigenvalue weighted by Crippen LogP contribution is 2.22. The van der Waals surface area contributed by atoms with E-state index in [2.05, 4.69) is 11.6 Å². The van der Waals surface area contributed by atoms with Crippen molar-refractivity contribution in [2.45, 2.75) is 33.2 Å². The van der Waals surface area contributed by atoms with E-state index in [4.69, 9.17) is 0 Å². The molecule has 0 aromatic rings. The van der Waals surface area contributed by atoms with Gasteiger partial charge in [-0.1, -0.05) is 12.7 Å². The Morgan fingerprint density at radius 1 is 1.53 bits per heavy atom. The SMILES string of the molecule is C=CC1=C(/N=C\C)C(=O)N(C(C)C)CC1. The molecule has 1 aliphatic rings. The minimum atomic E-state index is 0.0178. The number of hydrogen-bond acceptors (Lipinski definition) is 2. The zero-order chi connectivity index (χ0) is 11.4. The van der Waals surface area contributed by atoms with E-state index in [1.54, 1.807) is 12.3 Å². The van der Waals surface area contributed by atoms with Gasteiger partial charge in [-0.2, -0.15) is 0 Å². The highest BCUT2D eigenvalue weighted by atomic mass is 16.2. The van der Waals surface area contributed by atoms with Gasteiger partial charge in [0.2, 0.25) is 0 Å². The number of carbonyl (C=O) groups excluding carboxylic acids is 1. The maximum absolute atomic E-state index is 12.0. The molecule has 0 atom stereocenters. The van der Waals surface area contributed by atoms with Crippen LogP contribution in [0.15, 0.2) is 28.9 Å². The second-order valence-corrected chi connectivity index (χ2v) is 3.81. The van der Waals surface area contributed by atoms with Gasteiger partial charge in [0.05, 0.1) is 0 Å². The largest absolute Gasteiger partial charge is 0.335 e. The summed E-state index contributed by atoms with van der Waals surface area (Å²) in [5.74, 6) is 0.0178. The van der Waals surface area contributed by atoms with Crippen LogP contribution in [-0.2, 0) is 4.79 Å². The van der Waals surface area contributed by atoms with Gasteiger partial charge in [0.25, 0.3) is 5.91 Å². The predicted octanol–water partition coefficient (Wildman–Crippen LogP) is 2.16. The Hall–Kier alpha value is -1.38. The molecule has 15 heavy (non-hydrogen) atoms. The fourth-order valence-corrected chi connectivity index (χ4v) is 1.69. The molecule has 0 bridgehead atoms. The molecule has 0 saturated carbocycles. The lowest BCUT2D eigenvalue weighted by Crippen LogP contribution is -2.41. The average Bonchev–Trinajstić information content (AvgIpc) is 2.20. The molecular formula is C12H18N2O. The van der Waals surface area contributed by atoms with E-state index in [9.17, 15) is 4.79 Å². The summed E-state index contributed by atoms with van der Waals surface area (Å²) in [6, 6.07) is 0.228. The van der Waals surface area contributed by atoms with Gasteiger partial charge >= 0.3 is 0 Å². The molecule has 3 heteroatoms. The van der Waals surface area contributed by atoms with Crippen molar-refractivity contribution in [2.75, 3.05) is 6.54 Å². The fourth-order valence-electron chi connectivity index (χ4n) is 1.69. The third kappa shape index (κ3) is 2.35. The highest BCUT2D eigenvalue weighted by Gasteiger charge is 2.26. The normalized spacial score (nSPS) is 18.1. The standard InChI is InChI=1S/C12H18N2O/c1-5-10-7-8-14(9(3)4)12(15)11(10)13-6-2/h5-6,9H,1,7-8H2,2-4H3/b13-6-. The van der Waals surface area contributed by atoms with Crippen LogP contribution in [0.1, 0.15) is 27.2 Å². The van der Waals surface area contributed by atoms with Gasteiger partial charge in [-0.3, -0.25) is 9.79 Å². The number of carbonyl (C=O) groups is 1. The lowest BCUT2D eigenvalue weighted by atomic mass is 10.0. The van der Waals surface area contributed by atoms with E-state index in [1.165, 1.54) is 0 Å². The molecule has 0 spiro atoms. The monoisotopic (exact) mass is 206 g/mol. The molecule has 0 N–H and O–H groups in total. The molecule has 3 nitrogen and oxygen atoms in total. The molecular weight excluding hydrogens is 188 g/mol. The number of nitrogens with zero attached hydrogens (tertiary/aromatic N) is 2. The first-order valence-electron chi connectivity index (χ1n) is 5.27. The Bertz CT molecular complexity index is 327. The molecule has 0 aromatic carbocycles. The summed E-state index contributed by atoms with van der Waals surface area (Å²) in [4.78, 5) is 18.0. The number of aliphatic imine (C=N–C) groups is 1. The molecule has 82 valence electrons. The quantitative estimate of drug-likeness (QED) is 0.651. The molecule has 1 rings (SSSR count). The van der Waals surface area contributed by atoms with Crippen molar-refractivity contribution in [3.8, 4) is 0 Å². The molecule has 0 aromatic heterocycles. The van der Waals surface area contributed by atoms with Gasteiger partial charge in [0, 0.05) is 18.8 Å². The minimum Gasteiger partial charge on any atom is -0.335 e. The van der Waals surface area contributed by atoms with E-state index < -0.39 is 0 Å². The Labute approximate surface area is 91.2 Å². The van der Waals surface area contributed by atoms with Gasteiger partial charge in [-0.25, -0.2) is 0 Å². The summed E-state index contributed by atoms with van der Waals surface area (Å²) >= 11 is 0. The van der Waals surface area contributed by atoms with Crippen LogP contribution in [0.2, 0.25) is 0 Å². The maximum atomic E-state index is 12.0. The van der Waals surface area contributed by atoms with E-state index in [0.29, 0.717) is 5.70 Å². The van der Waals surface area contributed by atoms with Crippen molar-refractivity contribution in [3.05, 3.63) is 23.9 Å². The molecule has 0 radical (unpaired) electrons. The van der Waals surface area contributed by atoms with Crippen LogP contribution >= 0.6 is 0 Å². The first-order valence-corrected chi connectivity index (χ1v) is 5.27. The molecule has 1 heterocycles. The first-order chi connectivity index (χ1) is 7.11. The first kappa shape index (κ1) is 11.7. The van der Waals surface area contributed by atoms with Crippen molar-refractivity contribution >= 4 is 12.1 Å². The zero-order valence-electron chi connectivity index (χ0n) is 9.66. The Kier molecular flexibility index (Phi) is 3.83. The van der Waals surface area contributed by atoms with E-state index in [1.807, 2.05) is 25.7 Å². The van der Waals surface area contributed by atoms with Gasteiger partial charge in [0.15, 0.2) is 0 Å². The lowest BCUT2D eigenvalue weighted by Gasteiger charge is -2.31. The molecule has 1 amide bonds. The molecule has 0 aliphatic carbocycles. The van der Waals surface area contributed by atoms with Crippen LogP contribution in [0, 0.1) is 0 Å². The number of amides is 1. The Balaban J connectivity index is 3.06. The van der Waals surface area contributed by atoms with Gasteiger partial charge in [0.1, 0.15) is 5.70 Å². The van der Waals surface area contributed by atoms with Crippen molar-refractivity contribution < 1.29 is 4.79 Å². The summed E-state index contributed by atoms with van der Waals surface area (Å²) in [7, 11) is 0. The second kappa shape index (κ2) is 4.91. The lowest BCUT2D eigenvalue weighted by molar-refractivity contribution is -0.129. The average molecular weight is 206 g/mol. The minimum absolute atomic E-state index is 0.0178. The van der Waals surface area contributed by atoms with E-state index in [-0.39, 0.29) is 11.9 Å². The highest BCUT2D eigenvalue weighted by molar-refractivity contribution is 5.96. The van der Waals surface area contributed by atoms with Crippen LogP contribution in [-0.4, -0.2) is 29.6 Å². The van der Waals surface area contributed by atoms with Crippen molar-refractivity contribution in [1.29, 1.82) is 0 Å². The van der Waals surface area contributed by atoms with Crippen molar-refractivity contribution in [2.24, 2.45) is 4.99 Å². The molecule has 1 aliphatic heterocycles. The summed E-state index contributed by atoms with van der Waals surface area (Å²) in [5.41, 5.74) is 1.50. The van der Waals surface area contributed by atoms with E-state index in [0.717, 1.165) is 18.5 Å².